The van der Waals surface area contributed by atoms with Gasteiger partial charge in [0, 0.05) is 17.0 Å². The third-order valence-electron chi connectivity index (χ3n) is 5.57. The van der Waals surface area contributed by atoms with E-state index in [1.807, 2.05) is 30.3 Å². The summed E-state index contributed by atoms with van der Waals surface area (Å²) in [4.78, 5) is 45.2. The first-order valence-electron chi connectivity index (χ1n) is 11.1. The molecule has 0 fully saturated rings. The molecule has 5 N–H and O–H groups in total. The van der Waals surface area contributed by atoms with Gasteiger partial charge < -0.3 is 26.1 Å². The van der Waals surface area contributed by atoms with Crippen molar-refractivity contribution in [2.24, 2.45) is 5.73 Å². The standard InChI is InChI=1S/C26H24ClN5O4/c1-36-22-10-8-16-13-18(26(35)32-23(16)31-22)25(34)30-21-14-17(7-9-19(21)27)24(33)29-20(11-12-28)15-5-3-2-4-6-15/h2-10,13-14,20H,11-12,28H2,1H3,(H,29,33)(H,30,34)(H,31,32,35). The predicted octanol–water partition coefficient (Wildman–Crippen LogP) is 3.66. The number of H-pyrrole nitrogens is 1. The van der Waals surface area contributed by atoms with Crippen LogP contribution in [0.15, 0.2) is 71.5 Å². The number of rotatable bonds is 8. The monoisotopic (exact) mass is 505 g/mol. The van der Waals surface area contributed by atoms with E-state index in [4.69, 9.17) is 22.1 Å². The fraction of sp³-hybridized carbons (Fsp3) is 0.154. The van der Waals surface area contributed by atoms with Gasteiger partial charge in [-0.3, -0.25) is 14.4 Å². The van der Waals surface area contributed by atoms with Crippen molar-refractivity contribution in [3.05, 3.63) is 98.8 Å². The van der Waals surface area contributed by atoms with E-state index in [0.29, 0.717) is 24.2 Å². The van der Waals surface area contributed by atoms with Gasteiger partial charge in [-0.2, -0.15) is 4.98 Å². The van der Waals surface area contributed by atoms with Crippen molar-refractivity contribution in [1.29, 1.82) is 0 Å². The number of carbonyl (C=O) groups excluding carboxylic acids is 2. The van der Waals surface area contributed by atoms with Gasteiger partial charge in [-0.1, -0.05) is 41.9 Å². The lowest BCUT2D eigenvalue weighted by Gasteiger charge is -2.19. The van der Waals surface area contributed by atoms with Crippen LogP contribution in [0.1, 0.15) is 38.7 Å². The number of hydrogen-bond acceptors (Lipinski definition) is 6. The first kappa shape index (κ1) is 24.9. The van der Waals surface area contributed by atoms with E-state index in [9.17, 15) is 14.4 Å². The fourth-order valence-corrected chi connectivity index (χ4v) is 3.88. The maximum atomic E-state index is 13.0. The Bertz CT molecular complexity index is 1470. The van der Waals surface area contributed by atoms with E-state index in [-0.39, 0.29) is 39.4 Å². The summed E-state index contributed by atoms with van der Waals surface area (Å²) >= 11 is 6.28. The Labute approximate surface area is 211 Å². The van der Waals surface area contributed by atoms with Gasteiger partial charge in [0.1, 0.15) is 11.2 Å². The summed E-state index contributed by atoms with van der Waals surface area (Å²) in [6.07, 6.45) is 0.554. The molecular formula is C26H24ClN5O4. The smallest absolute Gasteiger partial charge is 0.262 e. The number of anilines is 1. The third kappa shape index (κ3) is 5.54. The number of pyridine rings is 2. The lowest BCUT2D eigenvalue weighted by Crippen LogP contribution is -2.30. The molecule has 2 heterocycles. The number of nitrogens with zero attached hydrogens (tertiary/aromatic N) is 1. The van der Waals surface area contributed by atoms with Crippen LogP contribution in [0, 0.1) is 0 Å². The van der Waals surface area contributed by atoms with Crippen LogP contribution in [0.2, 0.25) is 5.02 Å². The predicted molar refractivity (Wildman–Crippen MR) is 139 cm³/mol. The summed E-state index contributed by atoms with van der Waals surface area (Å²) in [5.74, 6) is -0.704. The number of methoxy groups -OCH3 is 1. The van der Waals surface area contributed by atoms with Gasteiger partial charge in [0.25, 0.3) is 17.4 Å². The summed E-state index contributed by atoms with van der Waals surface area (Å²) in [6.45, 7) is 0.393. The average Bonchev–Trinajstić information content (AvgIpc) is 2.89. The van der Waals surface area contributed by atoms with Crippen LogP contribution in [-0.2, 0) is 0 Å². The molecule has 0 aliphatic rings. The second-order valence-electron chi connectivity index (χ2n) is 7.97. The minimum atomic E-state index is -0.682. The zero-order valence-electron chi connectivity index (χ0n) is 19.4. The second kappa shape index (κ2) is 11.0. The van der Waals surface area contributed by atoms with Crippen molar-refractivity contribution < 1.29 is 14.3 Å². The largest absolute Gasteiger partial charge is 0.481 e. The van der Waals surface area contributed by atoms with Crippen LogP contribution in [-0.4, -0.2) is 35.4 Å². The Morgan fingerprint density at radius 2 is 1.86 bits per heavy atom. The van der Waals surface area contributed by atoms with Gasteiger partial charge in [-0.25, -0.2) is 0 Å². The number of fused-ring (bicyclic) bond motifs is 1. The molecule has 2 aromatic carbocycles. The van der Waals surface area contributed by atoms with Gasteiger partial charge in [-0.05, 0) is 48.9 Å². The minimum Gasteiger partial charge on any atom is -0.481 e. The van der Waals surface area contributed by atoms with Gasteiger partial charge >= 0.3 is 0 Å². The third-order valence-corrected chi connectivity index (χ3v) is 5.90. The molecule has 0 aliphatic carbocycles. The second-order valence-corrected chi connectivity index (χ2v) is 8.37. The lowest BCUT2D eigenvalue weighted by atomic mass is 10.0. The number of nitrogens with one attached hydrogen (secondary N) is 3. The molecule has 10 heteroatoms. The number of halogens is 1. The molecule has 0 bridgehead atoms. The van der Waals surface area contributed by atoms with Crippen molar-refractivity contribution in [3.8, 4) is 5.88 Å². The van der Waals surface area contributed by atoms with Crippen LogP contribution in [0.5, 0.6) is 5.88 Å². The van der Waals surface area contributed by atoms with E-state index >= 15 is 0 Å². The first-order chi connectivity index (χ1) is 17.4. The topological polar surface area (TPSA) is 139 Å². The average molecular weight is 506 g/mol. The van der Waals surface area contributed by atoms with Crippen molar-refractivity contribution in [2.75, 3.05) is 19.0 Å². The molecule has 0 spiro atoms. The normalized spacial score (nSPS) is 11.6. The molecule has 36 heavy (non-hydrogen) atoms. The van der Waals surface area contributed by atoms with Gasteiger partial charge in [0.15, 0.2) is 0 Å². The number of aromatic nitrogens is 2. The molecule has 4 rings (SSSR count). The molecule has 4 aromatic rings. The number of hydrogen-bond donors (Lipinski definition) is 4. The molecule has 0 radical (unpaired) electrons. The maximum Gasteiger partial charge on any atom is 0.262 e. The Morgan fingerprint density at radius 3 is 2.58 bits per heavy atom. The fourth-order valence-electron chi connectivity index (χ4n) is 3.71. The Morgan fingerprint density at radius 1 is 1.08 bits per heavy atom. The highest BCUT2D eigenvalue weighted by Gasteiger charge is 2.18. The summed E-state index contributed by atoms with van der Waals surface area (Å²) in [6, 6.07) is 18.5. The highest BCUT2D eigenvalue weighted by molar-refractivity contribution is 6.34. The zero-order chi connectivity index (χ0) is 25.7. The number of carbonyl (C=O) groups is 2. The quantitative estimate of drug-likeness (QED) is 0.288. The Balaban J connectivity index is 1.56. The SMILES string of the molecule is COc1ccc2cc(C(=O)Nc3cc(C(=O)NC(CCN)c4ccccc4)ccc3Cl)c(=O)[nH]c2n1. The highest BCUT2D eigenvalue weighted by atomic mass is 35.5. The summed E-state index contributed by atoms with van der Waals surface area (Å²) < 4.78 is 5.06. The van der Waals surface area contributed by atoms with Crippen LogP contribution in [0.3, 0.4) is 0 Å². The molecule has 184 valence electrons. The zero-order valence-corrected chi connectivity index (χ0v) is 20.1. The molecule has 1 atom stereocenters. The number of aromatic amines is 1. The van der Waals surface area contributed by atoms with Crippen molar-refractivity contribution in [1.82, 2.24) is 15.3 Å². The van der Waals surface area contributed by atoms with Crippen molar-refractivity contribution in [2.45, 2.75) is 12.5 Å². The van der Waals surface area contributed by atoms with E-state index in [0.717, 1.165) is 5.56 Å². The molecule has 0 saturated heterocycles. The summed E-state index contributed by atoms with van der Waals surface area (Å²) in [5.41, 5.74) is 6.68. The molecule has 9 nitrogen and oxygen atoms in total. The lowest BCUT2D eigenvalue weighted by molar-refractivity contribution is 0.0934. The van der Waals surface area contributed by atoms with Crippen LogP contribution >= 0.6 is 11.6 Å². The van der Waals surface area contributed by atoms with Crippen molar-refractivity contribution >= 4 is 40.1 Å². The van der Waals surface area contributed by atoms with Gasteiger partial charge in [0.05, 0.1) is 23.9 Å². The molecular weight excluding hydrogens is 482 g/mol. The summed E-state index contributed by atoms with van der Waals surface area (Å²) in [7, 11) is 1.46. The highest BCUT2D eigenvalue weighted by Crippen LogP contribution is 2.25. The van der Waals surface area contributed by atoms with Crippen LogP contribution in [0.4, 0.5) is 5.69 Å². The number of amides is 2. The first-order valence-corrected chi connectivity index (χ1v) is 11.5. The van der Waals surface area contributed by atoms with E-state index in [1.54, 1.807) is 18.2 Å². The molecule has 2 amide bonds. The van der Waals surface area contributed by atoms with Gasteiger partial charge in [-0.15, -0.1) is 0 Å². The van der Waals surface area contributed by atoms with E-state index < -0.39 is 11.5 Å². The maximum absolute atomic E-state index is 13.0. The van der Waals surface area contributed by atoms with E-state index in [2.05, 4.69) is 20.6 Å². The summed E-state index contributed by atoms with van der Waals surface area (Å²) in [5, 5.41) is 6.36. The van der Waals surface area contributed by atoms with E-state index in [1.165, 1.54) is 25.3 Å². The van der Waals surface area contributed by atoms with Gasteiger partial charge in [0.2, 0.25) is 5.88 Å². The number of ether oxygens (including phenoxy) is 1. The minimum absolute atomic E-state index is 0.132. The molecule has 0 saturated carbocycles. The van der Waals surface area contributed by atoms with Crippen LogP contribution < -0.4 is 26.7 Å². The molecule has 0 aliphatic heterocycles. The molecule has 2 aromatic heterocycles. The Kier molecular flexibility index (Phi) is 7.62. The Hall–Kier alpha value is -4.21. The molecule has 1 unspecified atom stereocenters. The van der Waals surface area contributed by atoms with Crippen LogP contribution in [0.25, 0.3) is 11.0 Å². The van der Waals surface area contributed by atoms with Crippen molar-refractivity contribution in [3.63, 3.8) is 0 Å². The number of nitrogens with two attached hydrogens (primary N) is 1. The number of benzene rings is 2.